The Morgan fingerprint density at radius 2 is 2.29 bits per heavy atom. The maximum absolute atomic E-state index is 12.3. The molecule has 0 aliphatic carbocycles. The van der Waals surface area contributed by atoms with E-state index in [1.807, 2.05) is 0 Å². The van der Waals surface area contributed by atoms with Gasteiger partial charge < -0.3 is 19.7 Å². The van der Waals surface area contributed by atoms with E-state index < -0.39 is 19.0 Å². The van der Waals surface area contributed by atoms with E-state index in [1.54, 1.807) is 24.3 Å². The lowest BCUT2D eigenvalue weighted by Gasteiger charge is -2.20. The predicted octanol–water partition coefficient (Wildman–Crippen LogP) is 2.58. The highest BCUT2D eigenvalue weighted by atomic mass is 19.3. The molecule has 116 valence electrons. The third-order valence-electron chi connectivity index (χ3n) is 3.07. The Labute approximate surface area is 121 Å². The SMILES string of the molecule is CN(CC(F)F)C(=O)Nc1ccccc1O[C@@H]1CCOC1. The Morgan fingerprint density at radius 3 is 2.95 bits per heavy atom. The third kappa shape index (κ3) is 4.56. The average molecular weight is 300 g/mol. The van der Waals surface area contributed by atoms with Gasteiger partial charge in [0.05, 0.1) is 25.4 Å². The molecular weight excluding hydrogens is 282 g/mol. The lowest BCUT2D eigenvalue weighted by Crippen LogP contribution is -2.35. The summed E-state index contributed by atoms with van der Waals surface area (Å²) < 4.78 is 35.5. The number of halogens is 2. The minimum absolute atomic E-state index is 0.0538. The van der Waals surface area contributed by atoms with Crippen LogP contribution >= 0.6 is 0 Å². The van der Waals surface area contributed by atoms with Gasteiger partial charge in [-0.25, -0.2) is 13.6 Å². The highest BCUT2D eigenvalue weighted by molar-refractivity contribution is 5.90. The first-order chi connectivity index (χ1) is 10.1. The van der Waals surface area contributed by atoms with E-state index in [1.165, 1.54) is 7.05 Å². The fourth-order valence-corrected chi connectivity index (χ4v) is 1.96. The molecule has 21 heavy (non-hydrogen) atoms. The van der Waals surface area contributed by atoms with Crippen LogP contribution in [0.2, 0.25) is 0 Å². The summed E-state index contributed by atoms with van der Waals surface area (Å²) in [6.45, 7) is 0.537. The van der Waals surface area contributed by atoms with Crippen LogP contribution in [-0.4, -0.2) is 50.3 Å². The van der Waals surface area contributed by atoms with Gasteiger partial charge in [-0.15, -0.1) is 0 Å². The van der Waals surface area contributed by atoms with Gasteiger partial charge in [-0.05, 0) is 12.1 Å². The third-order valence-corrected chi connectivity index (χ3v) is 3.07. The number of ether oxygens (including phenoxy) is 2. The molecule has 1 saturated heterocycles. The van der Waals surface area contributed by atoms with E-state index in [2.05, 4.69) is 5.32 Å². The molecule has 1 aliphatic heterocycles. The van der Waals surface area contributed by atoms with E-state index in [9.17, 15) is 13.6 Å². The van der Waals surface area contributed by atoms with Gasteiger partial charge in [-0.3, -0.25) is 0 Å². The van der Waals surface area contributed by atoms with Crippen molar-refractivity contribution >= 4 is 11.7 Å². The molecule has 0 spiro atoms. The molecule has 1 aliphatic rings. The molecular formula is C14H18F2N2O3. The van der Waals surface area contributed by atoms with Crippen LogP contribution in [0.15, 0.2) is 24.3 Å². The number of alkyl halides is 2. The smallest absolute Gasteiger partial charge is 0.321 e. The van der Waals surface area contributed by atoms with Crippen molar-refractivity contribution in [2.45, 2.75) is 19.0 Å². The first kappa shape index (κ1) is 15.5. The summed E-state index contributed by atoms with van der Waals surface area (Å²) in [5, 5.41) is 2.58. The number of benzene rings is 1. The van der Waals surface area contributed by atoms with Gasteiger partial charge in [0.25, 0.3) is 6.43 Å². The molecule has 1 atom stereocenters. The molecule has 1 aromatic carbocycles. The number of nitrogens with one attached hydrogen (secondary N) is 1. The lowest BCUT2D eigenvalue weighted by molar-refractivity contribution is 0.111. The number of rotatable bonds is 5. The van der Waals surface area contributed by atoms with E-state index in [-0.39, 0.29) is 6.10 Å². The van der Waals surface area contributed by atoms with Crippen LogP contribution in [0.25, 0.3) is 0 Å². The van der Waals surface area contributed by atoms with Gasteiger partial charge in [0.1, 0.15) is 11.9 Å². The van der Waals surface area contributed by atoms with Crippen molar-refractivity contribution < 1.29 is 23.0 Å². The van der Waals surface area contributed by atoms with Crippen molar-refractivity contribution in [2.24, 2.45) is 0 Å². The van der Waals surface area contributed by atoms with Crippen molar-refractivity contribution in [1.29, 1.82) is 0 Å². The maximum Gasteiger partial charge on any atom is 0.321 e. The van der Waals surface area contributed by atoms with E-state index in [4.69, 9.17) is 9.47 Å². The number of anilines is 1. The normalized spacial score (nSPS) is 17.8. The minimum atomic E-state index is -2.57. The first-order valence-corrected chi connectivity index (χ1v) is 6.70. The monoisotopic (exact) mass is 300 g/mol. The number of hydrogen-bond donors (Lipinski definition) is 1. The Morgan fingerprint density at radius 1 is 1.52 bits per heavy atom. The Kier molecular flexibility index (Phi) is 5.32. The largest absolute Gasteiger partial charge is 0.486 e. The number of amides is 2. The van der Waals surface area contributed by atoms with Crippen molar-refractivity contribution in [3.8, 4) is 5.75 Å². The number of urea groups is 1. The zero-order valence-electron chi connectivity index (χ0n) is 11.7. The maximum atomic E-state index is 12.3. The molecule has 0 saturated carbocycles. The van der Waals surface area contributed by atoms with Gasteiger partial charge in [0.15, 0.2) is 0 Å². The van der Waals surface area contributed by atoms with Crippen molar-refractivity contribution in [3.05, 3.63) is 24.3 Å². The van der Waals surface area contributed by atoms with Crippen molar-refractivity contribution in [2.75, 3.05) is 32.1 Å². The molecule has 1 heterocycles. The number of carbonyl (C=O) groups is 1. The molecule has 2 amide bonds. The molecule has 1 N–H and O–H groups in total. The van der Waals surface area contributed by atoms with Gasteiger partial charge >= 0.3 is 6.03 Å². The summed E-state index contributed by atoms with van der Waals surface area (Å²) in [4.78, 5) is 12.8. The summed E-state index contributed by atoms with van der Waals surface area (Å²) >= 11 is 0. The van der Waals surface area contributed by atoms with E-state index >= 15 is 0 Å². The van der Waals surface area contributed by atoms with Crippen LogP contribution in [0.4, 0.5) is 19.3 Å². The van der Waals surface area contributed by atoms with Gasteiger partial charge in [-0.1, -0.05) is 12.1 Å². The lowest BCUT2D eigenvalue weighted by atomic mass is 10.2. The fourth-order valence-electron chi connectivity index (χ4n) is 1.96. The van der Waals surface area contributed by atoms with Crippen LogP contribution in [0.5, 0.6) is 5.75 Å². The topological polar surface area (TPSA) is 50.8 Å². The molecule has 7 heteroatoms. The number of nitrogens with zero attached hydrogens (tertiary/aromatic N) is 1. The second-order valence-electron chi connectivity index (χ2n) is 4.80. The van der Waals surface area contributed by atoms with E-state index in [0.29, 0.717) is 24.7 Å². The summed E-state index contributed by atoms with van der Waals surface area (Å²) in [7, 11) is 1.32. The zero-order chi connectivity index (χ0) is 15.2. The fraction of sp³-hybridized carbons (Fsp3) is 0.500. The highest BCUT2D eigenvalue weighted by Crippen LogP contribution is 2.26. The Hall–Kier alpha value is -1.89. The Balaban J connectivity index is 2.00. The minimum Gasteiger partial charge on any atom is -0.486 e. The quantitative estimate of drug-likeness (QED) is 0.909. The summed E-state index contributed by atoms with van der Waals surface area (Å²) in [6.07, 6.45) is -1.84. The molecule has 0 bridgehead atoms. The molecule has 1 aromatic rings. The van der Waals surface area contributed by atoms with Crippen molar-refractivity contribution in [1.82, 2.24) is 4.90 Å². The Bertz CT molecular complexity index is 479. The molecule has 0 aromatic heterocycles. The number of carbonyl (C=O) groups excluding carboxylic acids is 1. The van der Waals surface area contributed by atoms with Crippen LogP contribution in [0.1, 0.15) is 6.42 Å². The van der Waals surface area contributed by atoms with Gasteiger partial charge in [0.2, 0.25) is 0 Å². The summed E-state index contributed by atoms with van der Waals surface area (Å²) in [5.41, 5.74) is 0.454. The first-order valence-electron chi connectivity index (χ1n) is 6.70. The second-order valence-corrected chi connectivity index (χ2v) is 4.80. The van der Waals surface area contributed by atoms with Crippen LogP contribution < -0.4 is 10.1 Å². The van der Waals surface area contributed by atoms with Gasteiger partial charge in [0, 0.05) is 13.5 Å². The second kappa shape index (κ2) is 7.21. The number of para-hydroxylation sites is 2. The summed E-state index contributed by atoms with van der Waals surface area (Å²) in [6, 6.07) is 6.30. The van der Waals surface area contributed by atoms with Crippen LogP contribution in [0, 0.1) is 0 Å². The summed E-state index contributed by atoms with van der Waals surface area (Å²) in [5.74, 6) is 0.506. The predicted molar refractivity (Wildman–Crippen MR) is 73.9 cm³/mol. The average Bonchev–Trinajstić information content (AvgIpc) is 2.93. The zero-order valence-corrected chi connectivity index (χ0v) is 11.7. The molecule has 5 nitrogen and oxygen atoms in total. The molecule has 0 unspecified atom stereocenters. The molecule has 0 radical (unpaired) electrons. The van der Waals surface area contributed by atoms with Crippen LogP contribution in [0.3, 0.4) is 0 Å². The molecule has 2 rings (SSSR count). The standard InChI is InChI=1S/C14H18F2N2O3/c1-18(8-13(15)16)14(19)17-11-4-2-3-5-12(11)21-10-6-7-20-9-10/h2-5,10,13H,6-9H2,1H3,(H,17,19)/t10-/m1/s1. The number of hydrogen-bond acceptors (Lipinski definition) is 3. The van der Waals surface area contributed by atoms with Crippen LogP contribution in [-0.2, 0) is 4.74 Å². The van der Waals surface area contributed by atoms with Crippen molar-refractivity contribution in [3.63, 3.8) is 0 Å². The van der Waals surface area contributed by atoms with E-state index in [0.717, 1.165) is 11.3 Å². The van der Waals surface area contributed by atoms with Gasteiger partial charge in [-0.2, -0.15) is 0 Å². The molecule has 1 fully saturated rings. The highest BCUT2D eigenvalue weighted by Gasteiger charge is 2.20.